The summed E-state index contributed by atoms with van der Waals surface area (Å²) in [6.07, 6.45) is 18.9. The van der Waals surface area contributed by atoms with E-state index in [1.807, 2.05) is 0 Å². The van der Waals surface area contributed by atoms with Crippen LogP contribution in [0.5, 0.6) is 0 Å². The van der Waals surface area contributed by atoms with Gasteiger partial charge in [0.25, 0.3) is 0 Å². The van der Waals surface area contributed by atoms with Crippen molar-refractivity contribution in [3.8, 4) is 0 Å². The zero-order valence-corrected chi connectivity index (χ0v) is 18.7. The Morgan fingerprint density at radius 3 is 2.08 bits per heavy atom. The van der Waals surface area contributed by atoms with Gasteiger partial charge in [-0.2, -0.15) is 0 Å². The van der Waals surface area contributed by atoms with E-state index in [1.54, 1.807) is 0 Å². The molecule has 0 N–H and O–H groups in total. The molecule has 1 aliphatic carbocycles. The Morgan fingerprint density at radius 2 is 1.52 bits per heavy atom. The van der Waals surface area contributed by atoms with Crippen LogP contribution < -0.4 is 0 Å². The van der Waals surface area contributed by atoms with Crippen LogP contribution in [0.3, 0.4) is 0 Å². The Hall–Kier alpha value is 0. The summed E-state index contributed by atoms with van der Waals surface area (Å²) in [5.74, 6) is 5.92. The molecule has 0 aromatic carbocycles. The molecule has 0 heteroatoms. The molecular formula is C25H50. The second-order valence-corrected chi connectivity index (χ2v) is 9.66. The highest BCUT2D eigenvalue weighted by atomic mass is 14.4. The van der Waals surface area contributed by atoms with Crippen LogP contribution in [0.2, 0.25) is 0 Å². The highest BCUT2D eigenvalue weighted by Crippen LogP contribution is 2.45. The van der Waals surface area contributed by atoms with E-state index in [2.05, 4.69) is 41.5 Å². The number of unbranched alkanes of at least 4 members (excludes halogenated alkanes) is 5. The van der Waals surface area contributed by atoms with Gasteiger partial charge in [0.05, 0.1) is 0 Å². The molecule has 0 radical (unpaired) electrons. The molecule has 6 atom stereocenters. The highest BCUT2D eigenvalue weighted by Gasteiger charge is 2.36. The van der Waals surface area contributed by atoms with E-state index in [-0.39, 0.29) is 0 Å². The van der Waals surface area contributed by atoms with E-state index in [0.717, 1.165) is 35.5 Å². The molecule has 0 aromatic heterocycles. The SMILES string of the molecule is CCCCCCCC(CC)CC(CCCC)C(C)CC1CC(C)C1C. The molecule has 1 rings (SSSR count). The molecule has 150 valence electrons. The minimum Gasteiger partial charge on any atom is -0.0654 e. The van der Waals surface area contributed by atoms with Crippen LogP contribution in [0.15, 0.2) is 0 Å². The van der Waals surface area contributed by atoms with Gasteiger partial charge in [0.15, 0.2) is 0 Å². The van der Waals surface area contributed by atoms with Crippen LogP contribution in [0, 0.1) is 35.5 Å². The molecule has 0 saturated heterocycles. The van der Waals surface area contributed by atoms with E-state index >= 15 is 0 Å². The Bertz CT molecular complexity index is 307. The smallest absolute Gasteiger partial charge is 0.0381 e. The van der Waals surface area contributed by atoms with Crippen LogP contribution in [0.1, 0.15) is 125 Å². The van der Waals surface area contributed by atoms with Crippen LogP contribution in [0.25, 0.3) is 0 Å². The largest absolute Gasteiger partial charge is 0.0654 e. The van der Waals surface area contributed by atoms with Crippen molar-refractivity contribution in [1.82, 2.24) is 0 Å². The zero-order chi connectivity index (χ0) is 18.7. The zero-order valence-electron chi connectivity index (χ0n) is 18.7. The molecule has 0 amide bonds. The average molecular weight is 351 g/mol. The quantitative estimate of drug-likeness (QED) is 0.259. The van der Waals surface area contributed by atoms with E-state index in [1.165, 1.54) is 83.5 Å². The Morgan fingerprint density at radius 1 is 0.840 bits per heavy atom. The lowest BCUT2D eigenvalue weighted by molar-refractivity contribution is 0.0655. The Kier molecular flexibility index (Phi) is 12.2. The van der Waals surface area contributed by atoms with Crippen LogP contribution in [-0.2, 0) is 0 Å². The van der Waals surface area contributed by atoms with Crippen LogP contribution >= 0.6 is 0 Å². The predicted octanol–water partition coefficient (Wildman–Crippen LogP) is 8.89. The van der Waals surface area contributed by atoms with E-state index in [4.69, 9.17) is 0 Å². The van der Waals surface area contributed by atoms with E-state index < -0.39 is 0 Å². The molecule has 6 unspecified atom stereocenters. The number of hydrogen-bond donors (Lipinski definition) is 0. The molecule has 0 heterocycles. The van der Waals surface area contributed by atoms with Crippen molar-refractivity contribution in [2.75, 3.05) is 0 Å². The van der Waals surface area contributed by atoms with Gasteiger partial charge in [0, 0.05) is 0 Å². The molecule has 0 bridgehead atoms. The van der Waals surface area contributed by atoms with Crippen molar-refractivity contribution in [2.45, 2.75) is 125 Å². The first-order valence-electron chi connectivity index (χ1n) is 12.0. The van der Waals surface area contributed by atoms with Gasteiger partial charge in [-0.1, -0.05) is 106 Å². The summed E-state index contributed by atoms with van der Waals surface area (Å²) in [6, 6.07) is 0. The lowest BCUT2D eigenvalue weighted by atomic mass is 9.62. The molecule has 0 aliphatic heterocycles. The van der Waals surface area contributed by atoms with Crippen LogP contribution in [0.4, 0.5) is 0 Å². The fourth-order valence-electron chi connectivity index (χ4n) is 5.21. The maximum Gasteiger partial charge on any atom is -0.0381 e. The standard InChI is InChI=1S/C25H50/c1-7-10-12-13-14-15-23(9-3)19-24(16-11-8-2)21(5)18-25-17-20(4)22(25)6/h20-25H,7-19H2,1-6H3. The molecule has 1 saturated carbocycles. The summed E-state index contributed by atoms with van der Waals surface area (Å²) in [6.45, 7) is 14.7. The van der Waals surface area contributed by atoms with Crippen molar-refractivity contribution >= 4 is 0 Å². The Labute approximate surface area is 160 Å². The molecular weight excluding hydrogens is 300 g/mol. The van der Waals surface area contributed by atoms with Gasteiger partial charge in [-0.3, -0.25) is 0 Å². The normalized spacial score (nSPS) is 26.9. The van der Waals surface area contributed by atoms with E-state index in [0.29, 0.717) is 0 Å². The molecule has 0 nitrogen and oxygen atoms in total. The first kappa shape index (κ1) is 23.0. The van der Waals surface area contributed by atoms with Gasteiger partial charge < -0.3 is 0 Å². The summed E-state index contributed by atoms with van der Waals surface area (Å²) in [7, 11) is 0. The van der Waals surface area contributed by atoms with Crippen LogP contribution in [-0.4, -0.2) is 0 Å². The maximum absolute atomic E-state index is 2.59. The molecule has 0 spiro atoms. The van der Waals surface area contributed by atoms with Crippen molar-refractivity contribution in [3.63, 3.8) is 0 Å². The third-order valence-electron chi connectivity index (χ3n) is 7.65. The lowest BCUT2D eigenvalue weighted by Gasteiger charge is -2.43. The summed E-state index contributed by atoms with van der Waals surface area (Å²) < 4.78 is 0. The Balaban J connectivity index is 2.42. The summed E-state index contributed by atoms with van der Waals surface area (Å²) in [5, 5.41) is 0. The average Bonchev–Trinajstić information content (AvgIpc) is 2.62. The topological polar surface area (TPSA) is 0 Å². The molecule has 0 aromatic rings. The van der Waals surface area contributed by atoms with Gasteiger partial charge >= 0.3 is 0 Å². The molecule has 25 heavy (non-hydrogen) atoms. The predicted molar refractivity (Wildman–Crippen MR) is 115 cm³/mol. The number of rotatable bonds is 15. The molecule has 1 fully saturated rings. The van der Waals surface area contributed by atoms with Gasteiger partial charge in [-0.15, -0.1) is 0 Å². The fraction of sp³-hybridized carbons (Fsp3) is 1.00. The third kappa shape index (κ3) is 8.49. The van der Waals surface area contributed by atoms with Crippen molar-refractivity contribution in [3.05, 3.63) is 0 Å². The van der Waals surface area contributed by atoms with Crippen molar-refractivity contribution in [1.29, 1.82) is 0 Å². The third-order valence-corrected chi connectivity index (χ3v) is 7.65. The van der Waals surface area contributed by atoms with Gasteiger partial charge in [-0.25, -0.2) is 0 Å². The summed E-state index contributed by atoms with van der Waals surface area (Å²) >= 11 is 0. The first-order chi connectivity index (χ1) is 12.0. The lowest BCUT2D eigenvalue weighted by Crippen LogP contribution is -2.34. The summed E-state index contributed by atoms with van der Waals surface area (Å²) in [5.41, 5.74) is 0. The summed E-state index contributed by atoms with van der Waals surface area (Å²) in [4.78, 5) is 0. The highest BCUT2D eigenvalue weighted by molar-refractivity contribution is 4.86. The molecule has 1 aliphatic rings. The first-order valence-corrected chi connectivity index (χ1v) is 12.0. The minimum absolute atomic E-state index is 0.945. The second-order valence-electron chi connectivity index (χ2n) is 9.66. The van der Waals surface area contributed by atoms with Crippen molar-refractivity contribution < 1.29 is 0 Å². The fourth-order valence-corrected chi connectivity index (χ4v) is 5.21. The van der Waals surface area contributed by atoms with Gasteiger partial charge in [0.2, 0.25) is 0 Å². The second kappa shape index (κ2) is 13.2. The number of hydrogen-bond acceptors (Lipinski definition) is 0. The van der Waals surface area contributed by atoms with E-state index in [9.17, 15) is 0 Å². The minimum atomic E-state index is 0.945. The van der Waals surface area contributed by atoms with Gasteiger partial charge in [0.1, 0.15) is 0 Å². The van der Waals surface area contributed by atoms with Crippen molar-refractivity contribution in [2.24, 2.45) is 35.5 Å². The maximum atomic E-state index is 2.59. The monoisotopic (exact) mass is 350 g/mol. The van der Waals surface area contributed by atoms with Gasteiger partial charge in [-0.05, 0) is 54.8 Å².